The smallest absolute Gasteiger partial charge is 0.305 e. The monoisotopic (exact) mass is 257 g/mol. The minimum atomic E-state index is -1.11. The molecule has 1 fully saturated rings. The zero-order valence-electron chi connectivity index (χ0n) is 10.6. The van der Waals surface area contributed by atoms with Crippen LogP contribution in [0, 0.1) is 5.41 Å². The highest BCUT2D eigenvalue weighted by Gasteiger charge is 2.42. The van der Waals surface area contributed by atoms with Crippen molar-refractivity contribution < 1.29 is 19.5 Å². The average Bonchev–Trinajstić information content (AvgIpc) is 2.70. The van der Waals surface area contributed by atoms with Crippen LogP contribution in [-0.4, -0.2) is 54.0 Å². The summed E-state index contributed by atoms with van der Waals surface area (Å²) in [5.74, 6) is -1.64. The van der Waals surface area contributed by atoms with Crippen molar-refractivity contribution >= 4 is 17.8 Å². The third kappa shape index (κ3) is 2.98. The van der Waals surface area contributed by atoms with Crippen molar-refractivity contribution in [3.63, 3.8) is 0 Å². The highest BCUT2D eigenvalue weighted by atomic mass is 16.4. The number of rotatable bonds is 4. The van der Waals surface area contributed by atoms with E-state index < -0.39 is 29.8 Å². The Kier molecular flexibility index (Phi) is 4.28. The van der Waals surface area contributed by atoms with Gasteiger partial charge >= 0.3 is 5.97 Å². The number of aliphatic carboxylic acids is 1. The quantitative estimate of drug-likeness (QED) is 0.584. The molecule has 1 heterocycles. The maximum Gasteiger partial charge on any atom is 0.305 e. The lowest BCUT2D eigenvalue weighted by atomic mass is 9.89. The van der Waals surface area contributed by atoms with E-state index in [4.69, 9.17) is 10.8 Å². The van der Waals surface area contributed by atoms with Gasteiger partial charge in [-0.05, 0) is 13.3 Å². The molecule has 0 aromatic rings. The van der Waals surface area contributed by atoms with E-state index in [1.165, 1.54) is 4.90 Å². The standard InChI is InChI=1S/C11H19N3O4/c1-11(10(18)13-2)3-4-14(6-11)9(17)7(12)5-8(15)16/h7H,3-6,12H2,1-2H3,(H,13,18)(H,15,16). The Morgan fingerprint density at radius 3 is 2.61 bits per heavy atom. The Labute approximate surface area is 105 Å². The van der Waals surface area contributed by atoms with Crippen molar-refractivity contribution in [3.8, 4) is 0 Å². The molecule has 4 N–H and O–H groups in total. The van der Waals surface area contributed by atoms with Gasteiger partial charge in [0.25, 0.3) is 0 Å². The molecule has 1 rings (SSSR count). The van der Waals surface area contributed by atoms with E-state index in [1.54, 1.807) is 14.0 Å². The first kappa shape index (κ1) is 14.4. The predicted octanol–water partition coefficient (Wildman–Crippen LogP) is -1.23. The summed E-state index contributed by atoms with van der Waals surface area (Å²) in [7, 11) is 1.55. The van der Waals surface area contributed by atoms with Crippen LogP contribution in [0.5, 0.6) is 0 Å². The number of amides is 2. The molecule has 7 nitrogen and oxygen atoms in total. The molecule has 2 atom stereocenters. The van der Waals surface area contributed by atoms with Crippen LogP contribution >= 0.6 is 0 Å². The molecule has 1 aliphatic rings. The van der Waals surface area contributed by atoms with Crippen molar-refractivity contribution in [3.05, 3.63) is 0 Å². The summed E-state index contributed by atoms with van der Waals surface area (Å²) < 4.78 is 0. The largest absolute Gasteiger partial charge is 0.481 e. The SMILES string of the molecule is CNC(=O)C1(C)CCN(C(=O)C(N)CC(=O)O)C1. The highest BCUT2D eigenvalue weighted by Crippen LogP contribution is 2.30. The number of likely N-dealkylation sites (tertiary alicyclic amines) is 1. The fraction of sp³-hybridized carbons (Fsp3) is 0.727. The molecule has 0 spiro atoms. The number of carboxylic acids is 1. The van der Waals surface area contributed by atoms with E-state index in [-0.39, 0.29) is 12.5 Å². The summed E-state index contributed by atoms with van der Waals surface area (Å²) in [6, 6.07) is -1.05. The first-order valence-electron chi connectivity index (χ1n) is 5.78. The molecule has 0 radical (unpaired) electrons. The van der Waals surface area contributed by atoms with E-state index in [2.05, 4.69) is 5.32 Å². The Balaban J connectivity index is 2.64. The van der Waals surface area contributed by atoms with Crippen molar-refractivity contribution in [2.75, 3.05) is 20.1 Å². The van der Waals surface area contributed by atoms with E-state index in [9.17, 15) is 14.4 Å². The maximum atomic E-state index is 11.9. The third-order valence-corrected chi connectivity index (χ3v) is 3.27. The Bertz CT molecular complexity index is 371. The molecule has 0 aliphatic carbocycles. The molecule has 2 unspecified atom stereocenters. The van der Waals surface area contributed by atoms with Gasteiger partial charge in [-0.2, -0.15) is 0 Å². The lowest BCUT2D eigenvalue weighted by Crippen LogP contribution is -2.46. The summed E-state index contributed by atoms with van der Waals surface area (Å²) in [5, 5.41) is 11.2. The normalized spacial score (nSPS) is 24.7. The summed E-state index contributed by atoms with van der Waals surface area (Å²) in [6.07, 6.45) is 0.157. The van der Waals surface area contributed by atoms with Gasteiger partial charge in [-0.1, -0.05) is 0 Å². The van der Waals surface area contributed by atoms with Crippen LogP contribution in [0.15, 0.2) is 0 Å². The summed E-state index contributed by atoms with van der Waals surface area (Å²) in [5.41, 5.74) is 4.90. The molecule has 7 heteroatoms. The lowest BCUT2D eigenvalue weighted by molar-refractivity contribution is -0.142. The number of carbonyl (C=O) groups excluding carboxylic acids is 2. The molecule has 0 saturated carbocycles. The van der Waals surface area contributed by atoms with Crippen molar-refractivity contribution in [2.45, 2.75) is 25.8 Å². The minimum absolute atomic E-state index is 0.121. The highest BCUT2D eigenvalue weighted by molar-refractivity contribution is 5.88. The molecule has 0 aromatic carbocycles. The molecule has 0 aromatic heterocycles. The minimum Gasteiger partial charge on any atom is -0.481 e. The van der Waals surface area contributed by atoms with Crippen LogP contribution < -0.4 is 11.1 Å². The average molecular weight is 257 g/mol. The van der Waals surface area contributed by atoms with Crippen molar-refractivity contribution in [1.82, 2.24) is 10.2 Å². The fourth-order valence-electron chi connectivity index (χ4n) is 2.15. The second kappa shape index (κ2) is 5.34. The first-order valence-corrected chi connectivity index (χ1v) is 5.78. The van der Waals surface area contributed by atoms with Crippen LogP contribution in [0.1, 0.15) is 19.8 Å². The number of hydrogen-bond donors (Lipinski definition) is 3. The second-order valence-electron chi connectivity index (χ2n) is 4.85. The van der Waals surface area contributed by atoms with Crippen LogP contribution in [0.4, 0.5) is 0 Å². The number of nitrogens with one attached hydrogen (secondary N) is 1. The summed E-state index contributed by atoms with van der Waals surface area (Å²) in [6.45, 7) is 2.48. The van der Waals surface area contributed by atoms with Crippen LogP contribution in [0.2, 0.25) is 0 Å². The Hall–Kier alpha value is -1.63. The van der Waals surface area contributed by atoms with Gasteiger partial charge in [0.05, 0.1) is 17.9 Å². The summed E-state index contributed by atoms with van der Waals surface area (Å²) in [4.78, 5) is 35.5. The van der Waals surface area contributed by atoms with Crippen molar-refractivity contribution in [2.24, 2.45) is 11.1 Å². The Morgan fingerprint density at radius 2 is 2.11 bits per heavy atom. The first-order chi connectivity index (χ1) is 8.30. The Morgan fingerprint density at radius 1 is 1.50 bits per heavy atom. The van der Waals surface area contributed by atoms with E-state index >= 15 is 0 Å². The van der Waals surface area contributed by atoms with Gasteiger partial charge in [0.2, 0.25) is 11.8 Å². The number of carboxylic acid groups (broad SMARTS) is 1. The van der Waals surface area contributed by atoms with Gasteiger partial charge in [0.1, 0.15) is 0 Å². The molecular weight excluding hydrogens is 238 g/mol. The van der Waals surface area contributed by atoms with Gasteiger partial charge in [0, 0.05) is 20.1 Å². The lowest BCUT2D eigenvalue weighted by Gasteiger charge is -2.24. The zero-order chi connectivity index (χ0) is 13.9. The van der Waals surface area contributed by atoms with Gasteiger partial charge in [-0.25, -0.2) is 0 Å². The zero-order valence-corrected chi connectivity index (χ0v) is 10.6. The number of hydrogen-bond acceptors (Lipinski definition) is 4. The molecular formula is C11H19N3O4. The van der Waals surface area contributed by atoms with Crippen LogP contribution in [0.3, 0.4) is 0 Å². The molecule has 2 amide bonds. The van der Waals surface area contributed by atoms with Crippen molar-refractivity contribution in [1.29, 1.82) is 0 Å². The summed E-state index contributed by atoms with van der Waals surface area (Å²) >= 11 is 0. The van der Waals surface area contributed by atoms with Crippen LogP contribution in [-0.2, 0) is 14.4 Å². The topological polar surface area (TPSA) is 113 Å². The molecule has 0 bridgehead atoms. The molecule has 1 saturated heterocycles. The van der Waals surface area contributed by atoms with E-state index in [0.717, 1.165) is 0 Å². The number of nitrogens with zero attached hydrogens (tertiary/aromatic N) is 1. The maximum absolute atomic E-state index is 11.9. The van der Waals surface area contributed by atoms with Gasteiger partial charge in [-0.15, -0.1) is 0 Å². The van der Waals surface area contributed by atoms with Gasteiger partial charge < -0.3 is 21.1 Å². The molecule has 18 heavy (non-hydrogen) atoms. The van der Waals surface area contributed by atoms with E-state index in [1.807, 2.05) is 0 Å². The second-order valence-corrected chi connectivity index (χ2v) is 4.85. The predicted molar refractivity (Wildman–Crippen MR) is 63.6 cm³/mol. The number of carbonyl (C=O) groups is 3. The van der Waals surface area contributed by atoms with E-state index in [0.29, 0.717) is 13.0 Å². The fourth-order valence-corrected chi connectivity index (χ4v) is 2.15. The van der Waals surface area contributed by atoms with Gasteiger partial charge in [-0.3, -0.25) is 14.4 Å². The third-order valence-electron chi connectivity index (χ3n) is 3.27. The van der Waals surface area contributed by atoms with Crippen LogP contribution in [0.25, 0.3) is 0 Å². The molecule has 1 aliphatic heterocycles. The number of nitrogens with two attached hydrogens (primary N) is 1. The van der Waals surface area contributed by atoms with Gasteiger partial charge in [0.15, 0.2) is 0 Å². The molecule has 102 valence electrons.